The van der Waals surface area contributed by atoms with Gasteiger partial charge in [0.15, 0.2) is 0 Å². The first kappa shape index (κ1) is 11.4. The molecule has 0 aromatic rings. The molecule has 0 aliphatic carbocycles. The normalized spacial score (nSPS) is 9.67. The van der Waals surface area contributed by atoms with Crippen molar-refractivity contribution in [1.82, 2.24) is 10.2 Å². The lowest BCUT2D eigenvalue weighted by Gasteiger charge is -2.16. The van der Waals surface area contributed by atoms with Gasteiger partial charge in [0.2, 0.25) is 5.91 Å². The van der Waals surface area contributed by atoms with E-state index in [1.165, 1.54) is 11.9 Å². The first-order valence-corrected chi connectivity index (χ1v) is 3.88. The number of hydrogen-bond donors (Lipinski definition) is 3. The third-order valence-corrected chi connectivity index (χ3v) is 1.39. The van der Waals surface area contributed by atoms with Crippen molar-refractivity contribution in [3.8, 4) is 0 Å². The fourth-order valence-electron chi connectivity index (χ4n) is 0.714. The van der Waals surface area contributed by atoms with Gasteiger partial charge in [-0.2, -0.15) is 0 Å². The van der Waals surface area contributed by atoms with Crippen LogP contribution in [0.4, 0.5) is 0 Å². The van der Waals surface area contributed by atoms with Crippen LogP contribution in [0.5, 0.6) is 0 Å². The fourth-order valence-corrected chi connectivity index (χ4v) is 0.714. The summed E-state index contributed by atoms with van der Waals surface area (Å²) >= 11 is 0. The maximum Gasteiger partial charge on any atom is 0.472 e. The molecule has 0 saturated carbocycles. The summed E-state index contributed by atoms with van der Waals surface area (Å²) in [5.74, 6) is -0.148. The van der Waals surface area contributed by atoms with Crippen molar-refractivity contribution < 1.29 is 14.8 Å². The smallest absolute Gasteiger partial charge is 0.426 e. The zero-order chi connectivity index (χ0) is 9.56. The van der Waals surface area contributed by atoms with Gasteiger partial charge in [-0.1, -0.05) is 6.92 Å². The number of likely N-dealkylation sites (N-methyl/N-ethyl adjacent to an activating group) is 2. The maximum atomic E-state index is 11.1. The van der Waals surface area contributed by atoms with E-state index in [4.69, 9.17) is 10.0 Å². The van der Waals surface area contributed by atoms with E-state index >= 15 is 0 Å². The molecular weight excluding hydrogens is 159 g/mol. The molecule has 0 atom stereocenters. The molecule has 0 aliphatic heterocycles. The molecule has 0 bridgehead atoms. The van der Waals surface area contributed by atoms with Crippen LogP contribution in [-0.4, -0.2) is 54.6 Å². The van der Waals surface area contributed by atoms with E-state index in [-0.39, 0.29) is 18.9 Å². The molecule has 0 saturated heterocycles. The summed E-state index contributed by atoms with van der Waals surface area (Å²) in [7, 11) is 0.0691. The number of carbonyl (C=O) groups is 1. The number of carbonyl (C=O) groups excluding carboxylic acids is 1. The van der Waals surface area contributed by atoms with Crippen molar-refractivity contribution >= 4 is 13.0 Å². The van der Waals surface area contributed by atoms with Crippen LogP contribution in [0.15, 0.2) is 0 Å². The summed E-state index contributed by atoms with van der Waals surface area (Å²) in [6.07, 6.45) is -0.0514. The highest BCUT2D eigenvalue weighted by molar-refractivity contribution is 6.41. The third kappa shape index (κ3) is 5.12. The SMILES string of the molecule is CCNCC(=O)N(C)CB(O)O. The van der Waals surface area contributed by atoms with Gasteiger partial charge < -0.3 is 20.3 Å². The van der Waals surface area contributed by atoms with Crippen LogP contribution in [0.2, 0.25) is 0 Å². The van der Waals surface area contributed by atoms with Crippen LogP contribution in [-0.2, 0) is 4.79 Å². The summed E-state index contributed by atoms with van der Waals surface area (Å²) in [5, 5.41) is 19.9. The average molecular weight is 174 g/mol. The maximum absolute atomic E-state index is 11.1. The van der Waals surface area contributed by atoms with E-state index in [0.717, 1.165) is 6.54 Å². The number of rotatable bonds is 5. The molecule has 0 aromatic heterocycles. The fraction of sp³-hybridized carbons (Fsp3) is 0.833. The van der Waals surface area contributed by atoms with Gasteiger partial charge in [0, 0.05) is 7.05 Å². The molecule has 3 N–H and O–H groups in total. The zero-order valence-electron chi connectivity index (χ0n) is 7.45. The number of nitrogens with one attached hydrogen (secondary N) is 1. The topological polar surface area (TPSA) is 72.8 Å². The predicted molar refractivity (Wildman–Crippen MR) is 46.4 cm³/mol. The molecule has 0 heterocycles. The molecule has 0 aliphatic rings. The highest BCUT2D eigenvalue weighted by Gasteiger charge is 2.14. The van der Waals surface area contributed by atoms with Crippen molar-refractivity contribution in [3.05, 3.63) is 0 Å². The van der Waals surface area contributed by atoms with Crippen LogP contribution in [0.3, 0.4) is 0 Å². The molecule has 0 rings (SSSR count). The van der Waals surface area contributed by atoms with E-state index < -0.39 is 7.12 Å². The van der Waals surface area contributed by atoms with Gasteiger partial charge in [-0.15, -0.1) is 0 Å². The van der Waals surface area contributed by atoms with Crippen LogP contribution in [0.1, 0.15) is 6.92 Å². The number of hydrogen-bond acceptors (Lipinski definition) is 4. The summed E-state index contributed by atoms with van der Waals surface area (Å²) < 4.78 is 0. The molecule has 0 aromatic carbocycles. The van der Waals surface area contributed by atoms with Crippen molar-refractivity contribution in [2.45, 2.75) is 6.92 Å². The Morgan fingerprint density at radius 2 is 2.17 bits per heavy atom. The molecule has 6 heteroatoms. The Labute approximate surface area is 72.5 Å². The second-order valence-electron chi connectivity index (χ2n) is 2.54. The van der Waals surface area contributed by atoms with E-state index in [1.807, 2.05) is 6.92 Å². The Hall–Kier alpha value is -0.585. The minimum Gasteiger partial charge on any atom is -0.426 e. The minimum atomic E-state index is -1.46. The Kier molecular flexibility index (Phi) is 5.70. The Morgan fingerprint density at radius 1 is 1.58 bits per heavy atom. The highest BCUT2D eigenvalue weighted by atomic mass is 16.4. The van der Waals surface area contributed by atoms with Crippen LogP contribution in [0.25, 0.3) is 0 Å². The van der Waals surface area contributed by atoms with Crippen molar-refractivity contribution in [3.63, 3.8) is 0 Å². The Morgan fingerprint density at radius 3 is 2.58 bits per heavy atom. The lowest BCUT2D eigenvalue weighted by Crippen LogP contribution is -2.41. The molecule has 0 fully saturated rings. The van der Waals surface area contributed by atoms with Crippen LogP contribution in [0, 0.1) is 0 Å². The van der Waals surface area contributed by atoms with E-state index in [0.29, 0.717) is 0 Å². The summed E-state index contributed by atoms with van der Waals surface area (Å²) in [6.45, 7) is 2.86. The molecule has 0 spiro atoms. The Balaban J connectivity index is 3.61. The third-order valence-electron chi connectivity index (χ3n) is 1.39. The molecule has 70 valence electrons. The summed E-state index contributed by atoms with van der Waals surface area (Å²) in [4.78, 5) is 12.3. The van der Waals surface area contributed by atoms with Gasteiger partial charge in [-0.3, -0.25) is 4.79 Å². The standard InChI is InChI=1S/C6H15BN2O3/c1-3-8-4-6(10)9(2)5-7(11)12/h8,11-12H,3-5H2,1-2H3. The quantitative estimate of drug-likeness (QED) is 0.424. The first-order chi connectivity index (χ1) is 5.57. The second kappa shape index (κ2) is 5.99. The zero-order valence-corrected chi connectivity index (χ0v) is 7.45. The van der Waals surface area contributed by atoms with E-state index in [2.05, 4.69) is 5.32 Å². The van der Waals surface area contributed by atoms with E-state index in [1.54, 1.807) is 0 Å². The molecule has 0 radical (unpaired) electrons. The van der Waals surface area contributed by atoms with Gasteiger partial charge in [0.1, 0.15) is 0 Å². The summed E-state index contributed by atoms with van der Waals surface area (Å²) in [6, 6.07) is 0. The largest absolute Gasteiger partial charge is 0.472 e. The molecule has 12 heavy (non-hydrogen) atoms. The summed E-state index contributed by atoms with van der Waals surface area (Å²) in [5.41, 5.74) is 0. The predicted octanol–water partition coefficient (Wildman–Crippen LogP) is -1.93. The van der Waals surface area contributed by atoms with Gasteiger partial charge in [-0.25, -0.2) is 0 Å². The van der Waals surface area contributed by atoms with E-state index in [9.17, 15) is 4.79 Å². The Bertz CT molecular complexity index is 143. The first-order valence-electron chi connectivity index (χ1n) is 3.88. The van der Waals surface area contributed by atoms with Gasteiger partial charge in [-0.05, 0) is 6.54 Å². The average Bonchev–Trinajstić information content (AvgIpc) is 1.98. The van der Waals surface area contributed by atoms with Crippen molar-refractivity contribution in [2.24, 2.45) is 0 Å². The molecule has 1 amide bonds. The number of nitrogens with zero attached hydrogens (tertiary/aromatic N) is 1. The molecule has 0 unspecified atom stereocenters. The highest BCUT2D eigenvalue weighted by Crippen LogP contribution is 1.83. The van der Waals surface area contributed by atoms with Gasteiger partial charge in [0.25, 0.3) is 0 Å². The van der Waals surface area contributed by atoms with Gasteiger partial charge in [0.05, 0.1) is 13.0 Å². The monoisotopic (exact) mass is 174 g/mol. The second-order valence-corrected chi connectivity index (χ2v) is 2.54. The molecule has 5 nitrogen and oxygen atoms in total. The van der Waals surface area contributed by atoms with Crippen LogP contribution >= 0.6 is 0 Å². The van der Waals surface area contributed by atoms with Crippen molar-refractivity contribution in [2.75, 3.05) is 26.6 Å². The lowest BCUT2D eigenvalue weighted by atomic mass is 9.91. The van der Waals surface area contributed by atoms with Gasteiger partial charge >= 0.3 is 7.12 Å². The van der Waals surface area contributed by atoms with Crippen molar-refractivity contribution in [1.29, 1.82) is 0 Å². The minimum absolute atomic E-state index is 0.0514. The lowest BCUT2D eigenvalue weighted by molar-refractivity contribution is -0.128. The molecular formula is C6H15BN2O3. The van der Waals surface area contributed by atoms with Crippen LogP contribution < -0.4 is 5.32 Å². The number of amides is 1.